The summed E-state index contributed by atoms with van der Waals surface area (Å²) in [5.74, 6) is -1.88. The zero-order valence-electron chi connectivity index (χ0n) is 11.4. The van der Waals surface area contributed by atoms with E-state index in [9.17, 15) is 14.4 Å². The molecule has 0 bridgehead atoms. The Bertz CT molecular complexity index is 545. The van der Waals surface area contributed by atoms with E-state index < -0.39 is 17.8 Å². The van der Waals surface area contributed by atoms with Crippen LogP contribution in [0.1, 0.15) is 10.4 Å². The third-order valence-electron chi connectivity index (χ3n) is 2.56. The number of carbonyl (C=O) groups excluding carboxylic acids is 3. The van der Waals surface area contributed by atoms with Gasteiger partial charge in [0.15, 0.2) is 0 Å². The van der Waals surface area contributed by atoms with E-state index in [0.717, 1.165) is 4.90 Å². The van der Waals surface area contributed by atoms with Gasteiger partial charge in [0.2, 0.25) is 0 Å². The number of halogens is 2. The first-order valence-electron chi connectivity index (χ1n) is 5.77. The highest BCUT2D eigenvalue weighted by molar-refractivity contribution is 9.10. The first kappa shape index (κ1) is 17.5. The molecular formula is C13H13BrClNO5. The van der Waals surface area contributed by atoms with Crippen molar-refractivity contribution in [2.75, 3.05) is 27.3 Å². The van der Waals surface area contributed by atoms with Crippen molar-refractivity contribution >= 4 is 45.4 Å². The van der Waals surface area contributed by atoms with Gasteiger partial charge in [0.1, 0.15) is 13.1 Å². The molecule has 0 heterocycles. The molecule has 0 aliphatic carbocycles. The highest BCUT2D eigenvalue weighted by Gasteiger charge is 2.24. The summed E-state index contributed by atoms with van der Waals surface area (Å²) in [4.78, 5) is 36.2. The molecule has 0 aliphatic rings. The SMILES string of the molecule is COC(=O)CN(CC(=O)OC)C(=O)c1cccc(Br)c1Cl. The van der Waals surface area contributed by atoms with Crippen LogP contribution in [-0.4, -0.2) is 50.1 Å². The molecule has 114 valence electrons. The zero-order chi connectivity index (χ0) is 16.0. The Hall–Kier alpha value is -1.60. The number of methoxy groups -OCH3 is 2. The van der Waals surface area contributed by atoms with Gasteiger partial charge in [-0.05, 0) is 28.1 Å². The fraction of sp³-hybridized carbons (Fsp3) is 0.308. The maximum atomic E-state index is 12.4. The molecule has 0 fully saturated rings. The fourth-order valence-electron chi connectivity index (χ4n) is 1.48. The van der Waals surface area contributed by atoms with Gasteiger partial charge in [-0.2, -0.15) is 0 Å². The monoisotopic (exact) mass is 377 g/mol. The number of benzene rings is 1. The van der Waals surface area contributed by atoms with E-state index in [4.69, 9.17) is 11.6 Å². The minimum absolute atomic E-state index is 0.166. The molecule has 6 nitrogen and oxygen atoms in total. The third-order valence-corrected chi connectivity index (χ3v) is 3.86. The zero-order valence-corrected chi connectivity index (χ0v) is 13.7. The van der Waals surface area contributed by atoms with E-state index in [1.54, 1.807) is 12.1 Å². The number of nitrogens with zero attached hydrogens (tertiary/aromatic N) is 1. The van der Waals surface area contributed by atoms with E-state index >= 15 is 0 Å². The number of hydrogen-bond acceptors (Lipinski definition) is 5. The van der Waals surface area contributed by atoms with Gasteiger partial charge in [0.25, 0.3) is 5.91 Å². The first-order chi connectivity index (χ1) is 9.90. The van der Waals surface area contributed by atoms with Crippen LogP contribution in [0.2, 0.25) is 5.02 Å². The summed E-state index contributed by atoms with van der Waals surface area (Å²) >= 11 is 9.25. The highest BCUT2D eigenvalue weighted by atomic mass is 79.9. The minimum Gasteiger partial charge on any atom is -0.468 e. The third kappa shape index (κ3) is 4.71. The molecule has 0 aliphatic heterocycles. The van der Waals surface area contributed by atoms with Crippen LogP contribution in [0.25, 0.3) is 0 Å². The molecule has 1 rings (SSSR count). The molecular weight excluding hydrogens is 366 g/mol. The number of hydrogen-bond donors (Lipinski definition) is 0. The molecule has 21 heavy (non-hydrogen) atoms. The molecule has 0 aromatic heterocycles. The predicted octanol–water partition coefficient (Wildman–Crippen LogP) is 1.89. The van der Waals surface area contributed by atoms with Crippen LogP contribution >= 0.6 is 27.5 Å². The molecule has 1 amide bonds. The van der Waals surface area contributed by atoms with Crippen molar-refractivity contribution < 1.29 is 23.9 Å². The standard InChI is InChI=1S/C13H13BrClNO5/c1-20-10(17)6-16(7-11(18)21-2)13(19)8-4-3-5-9(14)12(8)15/h3-5H,6-7H2,1-2H3. The van der Waals surface area contributed by atoms with Gasteiger partial charge in [0, 0.05) is 4.47 Å². The normalized spacial score (nSPS) is 9.90. The molecule has 0 saturated carbocycles. The van der Waals surface area contributed by atoms with Crippen LogP contribution in [0.4, 0.5) is 0 Å². The molecule has 8 heteroatoms. The Labute approximate surface area is 135 Å². The summed E-state index contributed by atoms with van der Waals surface area (Å²) in [5.41, 5.74) is 0.166. The lowest BCUT2D eigenvalue weighted by molar-refractivity contribution is -0.144. The van der Waals surface area contributed by atoms with Crippen molar-refractivity contribution in [3.8, 4) is 0 Å². The van der Waals surface area contributed by atoms with Crippen molar-refractivity contribution in [3.63, 3.8) is 0 Å². The number of amides is 1. The summed E-state index contributed by atoms with van der Waals surface area (Å²) in [5, 5.41) is 0.197. The second-order valence-corrected chi connectivity index (χ2v) is 5.15. The lowest BCUT2D eigenvalue weighted by Gasteiger charge is -2.20. The van der Waals surface area contributed by atoms with E-state index in [1.807, 2.05) is 0 Å². The van der Waals surface area contributed by atoms with Crippen LogP contribution < -0.4 is 0 Å². The van der Waals surface area contributed by atoms with Crippen LogP contribution in [0.5, 0.6) is 0 Å². The Morgan fingerprint density at radius 2 is 1.67 bits per heavy atom. The van der Waals surface area contributed by atoms with Crippen LogP contribution in [-0.2, 0) is 19.1 Å². The van der Waals surface area contributed by atoms with E-state index in [-0.39, 0.29) is 23.7 Å². The van der Waals surface area contributed by atoms with Crippen molar-refractivity contribution in [1.82, 2.24) is 4.90 Å². The van der Waals surface area contributed by atoms with E-state index in [1.165, 1.54) is 20.3 Å². The lowest BCUT2D eigenvalue weighted by atomic mass is 10.2. The summed E-state index contributed by atoms with van der Waals surface area (Å²) in [6, 6.07) is 4.79. The van der Waals surface area contributed by atoms with Gasteiger partial charge >= 0.3 is 11.9 Å². The maximum absolute atomic E-state index is 12.4. The van der Waals surface area contributed by atoms with Crippen LogP contribution in [0, 0.1) is 0 Å². The molecule has 0 spiro atoms. The molecule has 0 saturated heterocycles. The number of carbonyl (C=O) groups is 3. The Morgan fingerprint density at radius 3 is 2.14 bits per heavy atom. The predicted molar refractivity (Wildman–Crippen MR) is 79.1 cm³/mol. The van der Waals surface area contributed by atoms with Crippen molar-refractivity contribution in [2.24, 2.45) is 0 Å². The summed E-state index contributed by atoms with van der Waals surface area (Å²) < 4.78 is 9.55. The maximum Gasteiger partial charge on any atom is 0.325 e. The average Bonchev–Trinajstić information content (AvgIpc) is 2.48. The first-order valence-corrected chi connectivity index (χ1v) is 6.94. The summed E-state index contributed by atoms with van der Waals surface area (Å²) in [7, 11) is 2.38. The van der Waals surface area contributed by atoms with Gasteiger partial charge in [-0.25, -0.2) is 0 Å². The quantitative estimate of drug-likeness (QED) is 0.732. The van der Waals surface area contributed by atoms with Gasteiger partial charge < -0.3 is 14.4 Å². The Kier molecular flexibility index (Phi) is 6.64. The molecule has 0 radical (unpaired) electrons. The Morgan fingerprint density at radius 1 is 1.14 bits per heavy atom. The van der Waals surface area contributed by atoms with Crippen LogP contribution in [0.3, 0.4) is 0 Å². The smallest absolute Gasteiger partial charge is 0.325 e. The van der Waals surface area contributed by atoms with Gasteiger partial charge in [-0.1, -0.05) is 17.7 Å². The van der Waals surface area contributed by atoms with E-state index in [2.05, 4.69) is 25.4 Å². The second-order valence-electron chi connectivity index (χ2n) is 3.91. The van der Waals surface area contributed by atoms with E-state index in [0.29, 0.717) is 4.47 Å². The summed E-state index contributed by atoms with van der Waals surface area (Å²) in [6.45, 7) is -0.763. The number of rotatable bonds is 5. The second kappa shape index (κ2) is 7.99. The van der Waals surface area contributed by atoms with Crippen molar-refractivity contribution in [3.05, 3.63) is 33.3 Å². The summed E-state index contributed by atoms with van der Waals surface area (Å²) in [6.07, 6.45) is 0. The largest absolute Gasteiger partial charge is 0.468 e. The number of ether oxygens (including phenoxy) is 2. The van der Waals surface area contributed by atoms with Crippen molar-refractivity contribution in [2.45, 2.75) is 0 Å². The minimum atomic E-state index is -0.654. The van der Waals surface area contributed by atoms with Gasteiger partial charge in [-0.3, -0.25) is 14.4 Å². The van der Waals surface area contributed by atoms with Crippen molar-refractivity contribution in [1.29, 1.82) is 0 Å². The average molecular weight is 379 g/mol. The highest BCUT2D eigenvalue weighted by Crippen LogP contribution is 2.27. The lowest BCUT2D eigenvalue weighted by Crippen LogP contribution is -2.40. The topological polar surface area (TPSA) is 72.9 Å². The van der Waals surface area contributed by atoms with Crippen LogP contribution in [0.15, 0.2) is 22.7 Å². The molecule has 1 aromatic rings. The molecule has 0 unspecified atom stereocenters. The Balaban J connectivity index is 3.06. The van der Waals surface area contributed by atoms with Gasteiger partial charge in [-0.15, -0.1) is 0 Å². The number of esters is 2. The molecule has 0 N–H and O–H groups in total. The molecule has 0 atom stereocenters. The fourth-order valence-corrected chi connectivity index (χ4v) is 2.05. The molecule has 1 aromatic carbocycles. The van der Waals surface area contributed by atoms with Gasteiger partial charge in [0.05, 0.1) is 24.8 Å².